The van der Waals surface area contributed by atoms with Crippen molar-refractivity contribution < 1.29 is 22.7 Å². The molecule has 38 heavy (non-hydrogen) atoms. The Morgan fingerprint density at radius 1 is 1.11 bits per heavy atom. The molecule has 11 heteroatoms. The molecule has 0 bridgehead atoms. The van der Waals surface area contributed by atoms with Crippen LogP contribution in [-0.2, 0) is 25.2 Å². The van der Waals surface area contributed by atoms with Gasteiger partial charge in [-0.2, -0.15) is 0 Å². The van der Waals surface area contributed by atoms with E-state index in [1.165, 1.54) is 16.9 Å². The zero-order valence-electron chi connectivity index (χ0n) is 21.6. The molecule has 2 N–H and O–H groups in total. The number of carbonyl (C=O) groups is 1. The lowest BCUT2D eigenvalue weighted by molar-refractivity contribution is -0.101. The van der Waals surface area contributed by atoms with Gasteiger partial charge in [-0.25, -0.2) is 8.42 Å². The highest BCUT2D eigenvalue weighted by Crippen LogP contribution is 2.32. The van der Waals surface area contributed by atoms with E-state index in [4.69, 9.17) is 9.47 Å². The number of aromatic nitrogens is 1. The van der Waals surface area contributed by atoms with Crippen LogP contribution in [0.2, 0.25) is 0 Å². The van der Waals surface area contributed by atoms with Crippen molar-refractivity contribution in [2.24, 2.45) is 0 Å². The maximum absolute atomic E-state index is 13.2. The minimum Gasteiger partial charge on any atom is -0.355 e. The molecule has 2 heterocycles. The average molecular weight is 574 g/mol. The highest BCUT2D eigenvalue weighted by atomic mass is 32.2. The van der Waals surface area contributed by atoms with E-state index >= 15 is 0 Å². The molecule has 4 rings (SSSR count). The van der Waals surface area contributed by atoms with E-state index in [0.717, 1.165) is 28.0 Å². The topological polar surface area (TPSA) is 101 Å². The molecule has 0 saturated heterocycles. The first-order chi connectivity index (χ1) is 18.2. The van der Waals surface area contributed by atoms with Gasteiger partial charge in [0.1, 0.15) is 9.90 Å². The molecule has 0 saturated carbocycles. The Morgan fingerprint density at radius 2 is 1.84 bits per heavy atom. The van der Waals surface area contributed by atoms with Crippen molar-refractivity contribution in [1.82, 2.24) is 10.3 Å². The molecule has 4 aromatic rings. The van der Waals surface area contributed by atoms with Crippen molar-refractivity contribution in [2.45, 2.75) is 28.4 Å². The van der Waals surface area contributed by atoms with Crippen LogP contribution in [0.3, 0.4) is 0 Å². The summed E-state index contributed by atoms with van der Waals surface area (Å²) in [7, 11) is 0.944. The number of anilines is 1. The van der Waals surface area contributed by atoms with E-state index in [2.05, 4.69) is 22.4 Å². The number of H-pyrrole nitrogens is 1. The number of nitrogens with one attached hydrogen (secondary N) is 2. The minimum atomic E-state index is -3.73. The Bertz CT molecular complexity index is 1470. The first-order valence-electron chi connectivity index (χ1n) is 11.9. The summed E-state index contributed by atoms with van der Waals surface area (Å²) in [5.74, 6) is 0.440. The number of hydrogen-bond donors (Lipinski definition) is 2. The average Bonchev–Trinajstić information content (AvgIpc) is 3.61. The summed E-state index contributed by atoms with van der Waals surface area (Å²) in [6.45, 7) is 2.21. The van der Waals surface area contributed by atoms with Gasteiger partial charge in [0.05, 0.1) is 16.5 Å². The third-order valence-corrected chi connectivity index (χ3v) is 10.5. The van der Waals surface area contributed by atoms with E-state index in [0.29, 0.717) is 23.4 Å². The number of sulfonamides is 1. The highest BCUT2D eigenvalue weighted by Gasteiger charge is 2.26. The zero-order valence-corrected chi connectivity index (χ0v) is 24.1. The molecule has 2 aromatic heterocycles. The lowest BCUT2D eigenvalue weighted by Crippen LogP contribution is -2.39. The van der Waals surface area contributed by atoms with Crippen molar-refractivity contribution >= 4 is 55.6 Å². The molecule has 0 aliphatic heterocycles. The molecule has 1 unspecified atom stereocenters. The van der Waals surface area contributed by atoms with Gasteiger partial charge in [0.25, 0.3) is 15.9 Å². The summed E-state index contributed by atoms with van der Waals surface area (Å²) in [6.07, 6.45) is -0.503. The van der Waals surface area contributed by atoms with Crippen LogP contribution in [0.25, 0.3) is 10.9 Å². The van der Waals surface area contributed by atoms with Gasteiger partial charge in [0.15, 0.2) is 6.29 Å². The Kier molecular flexibility index (Phi) is 9.16. The SMILES string of the molecule is COC(OC)C(CNC(=O)c1cc2cc(C)cc(N(C)S(=O)(=O)c3cccs3)c2[nH]1)SCc1ccccc1. The van der Waals surface area contributed by atoms with Crippen molar-refractivity contribution in [3.63, 3.8) is 0 Å². The van der Waals surface area contributed by atoms with Crippen molar-refractivity contribution in [2.75, 3.05) is 32.1 Å². The number of fused-ring (bicyclic) bond motifs is 1. The van der Waals surface area contributed by atoms with E-state index in [1.54, 1.807) is 55.6 Å². The standard InChI is InChI=1S/C27H31N3O5S3/c1-18-13-20-15-21(29-25(20)22(14-18)30(2)38(32,33)24-11-8-12-36-24)26(31)28-16-23(27(34-3)35-4)37-17-19-9-6-5-7-10-19/h5-15,23,27,29H,16-17H2,1-4H3,(H,28,31). The number of thiophene rings is 1. The normalized spacial score (nSPS) is 12.7. The summed E-state index contributed by atoms with van der Waals surface area (Å²) in [5.41, 5.74) is 3.44. The Hall–Kier alpha value is -2.83. The van der Waals surface area contributed by atoms with Crippen LogP contribution in [0, 0.1) is 6.92 Å². The third kappa shape index (κ3) is 6.24. The number of thioether (sulfide) groups is 1. The number of benzene rings is 2. The second-order valence-electron chi connectivity index (χ2n) is 8.72. The summed E-state index contributed by atoms with van der Waals surface area (Å²) in [6, 6.07) is 18.8. The molecule has 0 aliphatic rings. The van der Waals surface area contributed by atoms with Gasteiger partial charge in [-0.3, -0.25) is 9.10 Å². The molecule has 1 amide bonds. The Morgan fingerprint density at radius 3 is 2.50 bits per heavy atom. The van der Waals surface area contributed by atoms with Crippen molar-refractivity contribution in [3.05, 3.63) is 82.9 Å². The predicted molar refractivity (Wildman–Crippen MR) is 155 cm³/mol. The lowest BCUT2D eigenvalue weighted by atomic mass is 10.1. The number of nitrogens with zero attached hydrogens (tertiary/aromatic N) is 1. The van der Waals surface area contributed by atoms with Gasteiger partial charge in [-0.05, 0) is 47.7 Å². The highest BCUT2D eigenvalue weighted by molar-refractivity contribution is 7.99. The Balaban J connectivity index is 1.54. The second-order valence-corrected chi connectivity index (χ2v) is 13.1. The van der Waals surface area contributed by atoms with Crippen LogP contribution < -0.4 is 9.62 Å². The predicted octanol–water partition coefficient (Wildman–Crippen LogP) is 5.01. The molecular weight excluding hydrogens is 543 g/mol. The first-order valence-corrected chi connectivity index (χ1v) is 15.3. The number of methoxy groups -OCH3 is 2. The quantitative estimate of drug-likeness (QED) is 0.231. The van der Waals surface area contributed by atoms with Crippen molar-refractivity contribution in [1.29, 1.82) is 0 Å². The second kappa shape index (κ2) is 12.4. The summed E-state index contributed by atoms with van der Waals surface area (Å²) in [5, 5.41) is 5.30. The number of rotatable bonds is 12. The largest absolute Gasteiger partial charge is 0.355 e. The molecular formula is C27H31N3O5S3. The number of aryl methyl sites for hydroxylation is 1. The maximum Gasteiger partial charge on any atom is 0.273 e. The van der Waals surface area contributed by atoms with Gasteiger partial charge in [0.2, 0.25) is 0 Å². The summed E-state index contributed by atoms with van der Waals surface area (Å²) >= 11 is 2.80. The number of carbonyl (C=O) groups excluding carboxylic acids is 1. The van der Waals surface area contributed by atoms with Gasteiger partial charge < -0.3 is 19.8 Å². The lowest BCUT2D eigenvalue weighted by Gasteiger charge is -2.24. The summed E-state index contributed by atoms with van der Waals surface area (Å²) in [4.78, 5) is 16.3. The molecule has 0 aliphatic carbocycles. The monoisotopic (exact) mass is 573 g/mol. The van der Waals surface area contributed by atoms with Crippen LogP contribution in [-0.4, -0.2) is 58.7 Å². The van der Waals surface area contributed by atoms with Gasteiger partial charge in [-0.1, -0.05) is 36.4 Å². The number of aromatic amines is 1. The molecule has 0 spiro atoms. The smallest absolute Gasteiger partial charge is 0.273 e. The Labute approximate surface area is 231 Å². The van der Waals surface area contributed by atoms with Crippen molar-refractivity contribution in [3.8, 4) is 0 Å². The van der Waals surface area contributed by atoms with Crippen LogP contribution in [0.1, 0.15) is 21.6 Å². The number of amides is 1. The molecule has 202 valence electrons. The molecule has 0 fully saturated rings. The van der Waals surface area contributed by atoms with Crippen LogP contribution in [0.4, 0.5) is 5.69 Å². The minimum absolute atomic E-state index is 0.154. The zero-order chi connectivity index (χ0) is 27.3. The molecule has 8 nitrogen and oxygen atoms in total. The fourth-order valence-corrected chi connectivity index (χ4v) is 7.66. The third-order valence-electron chi connectivity index (χ3n) is 6.08. The first kappa shape index (κ1) is 28.2. The van der Waals surface area contributed by atoms with Gasteiger partial charge in [0, 0.05) is 39.0 Å². The van der Waals surface area contributed by atoms with Gasteiger partial charge in [-0.15, -0.1) is 23.1 Å². The van der Waals surface area contributed by atoms with E-state index in [1.807, 2.05) is 31.2 Å². The van der Waals surface area contributed by atoms with E-state index < -0.39 is 16.3 Å². The van der Waals surface area contributed by atoms with Crippen LogP contribution in [0.5, 0.6) is 0 Å². The van der Waals surface area contributed by atoms with E-state index in [9.17, 15) is 13.2 Å². The molecule has 1 atom stereocenters. The molecule has 0 radical (unpaired) electrons. The number of hydrogen-bond acceptors (Lipinski definition) is 7. The fourth-order valence-electron chi connectivity index (χ4n) is 4.12. The van der Waals surface area contributed by atoms with Crippen LogP contribution >= 0.6 is 23.1 Å². The maximum atomic E-state index is 13.2. The number of ether oxygens (including phenoxy) is 2. The summed E-state index contributed by atoms with van der Waals surface area (Å²) < 4.78 is 38.8. The van der Waals surface area contributed by atoms with E-state index in [-0.39, 0.29) is 15.4 Å². The fraction of sp³-hybridized carbons (Fsp3) is 0.296. The molecule has 2 aromatic carbocycles. The van der Waals surface area contributed by atoms with Gasteiger partial charge >= 0.3 is 0 Å². The van der Waals surface area contributed by atoms with Crippen LogP contribution in [0.15, 0.2) is 70.3 Å².